The van der Waals surface area contributed by atoms with Crippen LogP contribution in [0.25, 0.3) is 0 Å². The minimum atomic E-state index is 0.588. The number of anilines is 3. The quantitative estimate of drug-likeness (QED) is 0.0387. The van der Waals surface area contributed by atoms with E-state index >= 15 is 0 Å². The molecule has 3 heterocycles. The molecule has 0 saturated carbocycles. The first-order valence-electron chi connectivity index (χ1n) is 21.1. The van der Waals surface area contributed by atoms with Gasteiger partial charge in [0.1, 0.15) is 32.2 Å². The van der Waals surface area contributed by atoms with E-state index in [2.05, 4.69) is 138 Å². The first-order chi connectivity index (χ1) is 26.8. The second-order valence-electron chi connectivity index (χ2n) is 14.9. The number of halogens is 1. The van der Waals surface area contributed by atoms with Gasteiger partial charge in [-0.2, -0.15) is 0 Å². The Balaban J connectivity index is 1.86. The summed E-state index contributed by atoms with van der Waals surface area (Å²) in [6.07, 6.45) is 28.7. The van der Waals surface area contributed by atoms with Crippen molar-refractivity contribution in [1.29, 1.82) is 0 Å². The second-order valence-corrected chi connectivity index (χ2v) is 16.0. The van der Waals surface area contributed by atoms with Gasteiger partial charge in [-0.25, -0.2) is 15.0 Å². The molecule has 0 aromatic carbocycles. The maximum atomic E-state index is 5.85. The van der Waals surface area contributed by atoms with Crippen LogP contribution in [0, 0.1) is 39.7 Å². The molecule has 0 aliphatic carbocycles. The van der Waals surface area contributed by atoms with Crippen LogP contribution >= 0.6 is 22.6 Å². The van der Waals surface area contributed by atoms with Crippen molar-refractivity contribution in [3.8, 4) is 36.0 Å². The van der Waals surface area contributed by atoms with Crippen LogP contribution in [0.4, 0.5) is 17.1 Å². The van der Waals surface area contributed by atoms with E-state index in [9.17, 15) is 0 Å². The average molecular weight is 855 g/mol. The van der Waals surface area contributed by atoms with Crippen LogP contribution in [0.1, 0.15) is 165 Å². The number of hydrogen-bond donors (Lipinski definition) is 0. The normalized spacial score (nSPS) is 10.6. The molecule has 0 aliphatic heterocycles. The fourth-order valence-electron chi connectivity index (χ4n) is 6.54. The molecule has 0 amide bonds. The molecule has 0 saturated heterocycles. The monoisotopic (exact) mass is 854 g/mol. The highest BCUT2D eigenvalue weighted by Crippen LogP contribution is 2.21. The van der Waals surface area contributed by atoms with Crippen LogP contribution < -0.4 is 14.7 Å². The van der Waals surface area contributed by atoms with E-state index in [4.69, 9.17) is 16.4 Å². The average Bonchev–Trinajstić information content (AvgIpc) is 3.19. The van der Waals surface area contributed by atoms with E-state index in [0.29, 0.717) is 22.8 Å². The lowest BCUT2D eigenvalue weighted by atomic mass is 10.1. The fourth-order valence-corrected chi connectivity index (χ4v) is 7.12. The van der Waals surface area contributed by atoms with Crippen LogP contribution in [0.3, 0.4) is 0 Å². The molecular formula is C48H67IN6. The predicted octanol–water partition coefficient (Wildman–Crippen LogP) is 11.6. The first-order valence-corrected chi connectivity index (χ1v) is 22.2. The van der Waals surface area contributed by atoms with E-state index < -0.39 is 0 Å². The van der Waals surface area contributed by atoms with Gasteiger partial charge in [0.25, 0.3) is 0 Å². The van der Waals surface area contributed by atoms with Crippen LogP contribution in [-0.2, 0) is 0 Å². The number of unbranched alkanes of at least 4 members (excludes halogenated alkanes) is 15. The Morgan fingerprint density at radius 1 is 0.436 bits per heavy atom. The molecule has 7 heteroatoms. The number of terminal acetylenes is 1. The molecule has 0 N–H and O–H groups in total. The van der Waals surface area contributed by atoms with Crippen LogP contribution in [0.2, 0.25) is 0 Å². The van der Waals surface area contributed by atoms with Crippen molar-refractivity contribution in [2.75, 3.05) is 55.5 Å². The zero-order valence-corrected chi connectivity index (χ0v) is 37.1. The summed E-state index contributed by atoms with van der Waals surface area (Å²) >= 11 is 2.29. The molecule has 0 fully saturated rings. The largest absolute Gasteiger partial charge is 0.374 e. The highest BCUT2D eigenvalue weighted by Gasteiger charge is 2.09. The highest BCUT2D eigenvalue weighted by molar-refractivity contribution is 14.1. The van der Waals surface area contributed by atoms with Crippen LogP contribution in [0.15, 0.2) is 36.4 Å². The summed E-state index contributed by atoms with van der Waals surface area (Å²) < 4.78 is 0.930. The molecule has 0 unspecified atom stereocenters. The molecule has 0 radical (unpaired) electrons. The third-order valence-electron chi connectivity index (χ3n) is 10.0. The Labute approximate surface area is 349 Å². The maximum Gasteiger partial charge on any atom is 0.117 e. The third-order valence-corrected chi connectivity index (χ3v) is 10.6. The van der Waals surface area contributed by atoms with Crippen molar-refractivity contribution in [1.82, 2.24) is 15.0 Å². The zero-order chi connectivity index (χ0) is 39.7. The number of pyridine rings is 3. The number of nitrogens with zero attached hydrogens (tertiary/aromatic N) is 6. The van der Waals surface area contributed by atoms with Crippen LogP contribution in [-0.4, -0.2) is 55.7 Å². The fraction of sp³-hybridized carbons (Fsp3) is 0.562. The lowest BCUT2D eigenvalue weighted by Gasteiger charge is -2.20. The minimum Gasteiger partial charge on any atom is -0.374 e. The number of hydrogen-bond acceptors (Lipinski definition) is 6. The summed E-state index contributed by atoms with van der Waals surface area (Å²) in [5.41, 5.74) is 6.52. The van der Waals surface area contributed by atoms with Crippen molar-refractivity contribution in [2.45, 2.75) is 136 Å². The maximum absolute atomic E-state index is 5.85. The van der Waals surface area contributed by atoms with E-state index in [-0.39, 0.29) is 0 Å². The number of rotatable bonds is 24. The van der Waals surface area contributed by atoms with Crippen molar-refractivity contribution in [2.24, 2.45) is 0 Å². The first kappa shape index (κ1) is 45.6. The summed E-state index contributed by atoms with van der Waals surface area (Å²) in [5.74, 6) is 16.0. The Morgan fingerprint density at radius 2 is 0.727 bits per heavy atom. The lowest BCUT2D eigenvalue weighted by molar-refractivity contribution is 0.606. The van der Waals surface area contributed by atoms with E-state index in [1.807, 2.05) is 12.1 Å². The zero-order valence-electron chi connectivity index (χ0n) is 35.0. The van der Waals surface area contributed by atoms with E-state index in [1.54, 1.807) is 0 Å². The van der Waals surface area contributed by atoms with Gasteiger partial charge in [-0.05, 0) is 102 Å². The topological polar surface area (TPSA) is 48.4 Å². The molecule has 0 aliphatic rings. The van der Waals surface area contributed by atoms with Crippen molar-refractivity contribution in [3.63, 3.8) is 0 Å². The molecule has 296 valence electrons. The predicted molar refractivity (Wildman–Crippen MR) is 245 cm³/mol. The standard InChI is InChI=1S/C48H67IN6/c1-8-12-15-18-21-24-31-53(5)45-34-40(11-4)50-41(35-45)27-28-42-36-46(54(6)32-25-22-19-16-13-9-2)37-43(51-42)29-30-44-38-47(39-48(49)52-44)55(7)33-26-23-20-17-14-10-3/h4,34-39H,8-10,12-26,31-33H2,1-3,5-7H3. The van der Waals surface area contributed by atoms with Gasteiger partial charge in [-0.1, -0.05) is 123 Å². The Hall–Kier alpha value is -3.74. The van der Waals surface area contributed by atoms with E-state index in [0.717, 1.165) is 58.9 Å². The summed E-state index contributed by atoms with van der Waals surface area (Å²) in [6, 6.07) is 12.4. The summed E-state index contributed by atoms with van der Waals surface area (Å²) in [7, 11) is 6.43. The third kappa shape index (κ3) is 18.2. The molecule has 0 bridgehead atoms. The Morgan fingerprint density at radius 3 is 1.09 bits per heavy atom. The minimum absolute atomic E-state index is 0.588. The molecule has 3 aromatic heterocycles. The lowest BCUT2D eigenvalue weighted by Crippen LogP contribution is -2.19. The van der Waals surface area contributed by atoms with Gasteiger partial charge >= 0.3 is 0 Å². The van der Waals surface area contributed by atoms with Crippen molar-refractivity contribution in [3.05, 3.63) is 68.6 Å². The summed E-state index contributed by atoms with van der Waals surface area (Å²) in [6.45, 7) is 9.73. The highest BCUT2D eigenvalue weighted by atomic mass is 127. The van der Waals surface area contributed by atoms with E-state index in [1.165, 1.54) is 103 Å². The van der Waals surface area contributed by atoms with Gasteiger partial charge in [0.05, 0.1) is 0 Å². The van der Waals surface area contributed by atoms with Crippen molar-refractivity contribution >= 4 is 39.7 Å². The smallest absolute Gasteiger partial charge is 0.117 e. The number of aromatic nitrogens is 3. The molecule has 3 aromatic rings. The molecule has 6 nitrogen and oxygen atoms in total. The Kier molecular flexibility index (Phi) is 22.4. The summed E-state index contributed by atoms with van der Waals surface area (Å²) in [4.78, 5) is 21.2. The van der Waals surface area contributed by atoms with Gasteiger partial charge in [0, 0.05) is 57.8 Å². The SMILES string of the molecule is C#Cc1cc(N(C)CCCCCCCC)cc(C#Cc2cc(N(C)CCCCCCCC)cc(C#Cc3cc(N(C)CCCCCCCC)cc(I)n3)n2)n1. The molecule has 0 atom stereocenters. The van der Waals surface area contributed by atoms with Gasteiger partial charge < -0.3 is 14.7 Å². The molecule has 3 rings (SSSR count). The molecule has 0 spiro atoms. The van der Waals surface area contributed by atoms with Crippen LogP contribution in [0.5, 0.6) is 0 Å². The molecule has 55 heavy (non-hydrogen) atoms. The van der Waals surface area contributed by atoms with Crippen molar-refractivity contribution < 1.29 is 0 Å². The van der Waals surface area contributed by atoms with Gasteiger partial charge in [-0.3, -0.25) is 0 Å². The Bertz CT molecular complexity index is 1740. The van der Waals surface area contributed by atoms with Gasteiger partial charge in [-0.15, -0.1) is 6.42 Å². The molecular weight excluding hydrogens is 787 g/mol. The van der Waals surface area contributed by atoms with Gasteiger partial charge in [0.2, 0.25) is 0 Å². The van der Waals surface area contributed by atoms with Gasteiger partial charge in [0.15, 0.2) is 0 Å². The second kappa shape index (κ2) is 27.0. The summed E-state index contributed by atoms with van der Waals surface area (Å²) in [5, 5.41) is 0.